The molecule has 196 valence electrons. The molecule has 0 amide bonds. The number of benzene rings is 3. The number of hydrogen-bond donors (Lipinski definition) is 2. The van der Waals surface area contributed by atoms with E-state index in [0.29, 0.717) is 28.9 Å². The van der Waals surface area contributed by atoms with Crippen molar-refractivity contribution in [3.05, 3.63) is 97.1 Å². The fourth-order valence-electron chi connectivity index (χ4n) is 4.77. The molecule has 5 aromatic rings. The van der Waals surface area contributed by atoms with Crippen molar-refractivity contribution < 1.29 is 9.13 Å². The highest BCUT2D eigenvalue weighted by Gasteiger charge is 2.17. The number of hydrogen-bond acceptors (Lipinski definition) is 7. The zero-order chi connectivity index (χ0) is 26.4. The summed E-state index contributed by atoms with van der Waals surface area (Å²) >= 11 is 1.43. The van der Waals surface area contributed by atoms with Crippen molar-refractivity contribution in [2.45, 2.75) is 43.0 Å². The molecule has 1 aliphatic rings. The molecule has 2 heterocycles. The standard InChI is InChI=1S/C31H28FN5OS/c32-27-20-24(37-39-25-14-12-21-7-4-5-8-22(21)19-25)13-15-29(27)38-30-26(11-6-17-33-30)28-16-18-34-31(36-28)35-23-9-2-1-3-10-23/h4-8,11-20,23,37H,1-3,9-10H2,(H,34,35,36). The van der Waals surface area contributed by atoms with Gasteiger partial charge < -0.3 is 14.8 Å². The number of fused-ring (bicyclic) bond motifs is 1. The molecular formula is C31H28FN5OS. The largest absolute Gasteiger partial charge is 0.435 e. The SMILES string of the molecule is Fc1cc(NSc2ccc3ccccc3c2)ccc1Oc1ncccc1-c1ccnc(NC2CCCCC2)n1. The van der Waals surface area contributed by atoms with Crippen molar-refractivity contribution in [3.8, 4) is 22.9 Å². The molecule has 1 saturated carbocycles. The highest BCUT2D eigenvalue weighted by atomic mass is 32.2. The number of anilines is 2. The van der Waals surface area contributed by atoms with Crippen molar-refractivity contribution in [1.82, 2.24) is 15.0 Å². The Labute approximate surface area is 231 Å². The summed E-state index contributed by atoms with van der Waals surface area (Å²) in [5, 5.41) is 5.80. The Morgan fingerprint density at radius 2 is 1.69 bits per heavy atom. The maximum atomic E-state index is 15.1. The minimum atomic E-state index is -0.488. The van der Waals surface area contributed by atoms with E-state index < -0.39 is 5.82 Å². The second-order valence-corrected chi connectivity index (χ2v) is 10.4. The lowest BCUT2D eigenvalue weighted by Crippen LogP contribution is -2.23. The van der Waals surface area contributed by atoms with Crippen molar-refractivity contribution in [1.29, 1.82) is 0 Å². The van der Waals surface area contributed by atoms with E-state index in [2.05, 4.69) is 44.3 Å². The smallest absolute Gasteiger partial charge is 0.228 e. The molecule has 3 aromatic carbocycles. The highest BCUT2D eigenvalue weighted by Crippen LogP contribution is 2.34. The van der Waals surface area contributed by atoms with Crippen LogP contribution in [0.4, 0.5) is 16.0 Å². The number of aromatic nitrogens is 3. The average Bonchev–Trinajstić information content (AvgIpc) is 2.98. The van der Waals surface area contributed by atoms with Crippen LogP contribution in [-0.4, -0.2) is 21.0 Å². The van der Waals surface area contributed by atoms with Gasteiger partial charge in [0.15, 0.2) is 11.6 Å². The first-order valence-electron chi connectivity index (χ1n) is 13.2. The Morgan fingerprint density at radius 1 is 0.821 bits per heavy atom. The normalized spacial score (nSPS) is 13.8. The second kappa shape index (κ2) is 11.7. The topological polar surface area (TPSA) is 72.0 Å². The van der Waals surface area contributed by atoms with Gasteiger partial charge in [0.1, 0.15) is 0 Å². The van der Waals surface area contributed by atoms with E-state index in [1.165, 1.54) is 42.7 Å². The molecule has 1 fully saturated rings. The summed E-state index contributed by atoms with van der Waals surface area (Å²) in [6.07, 6.45) is 9.32. The Hall–Kier alpha value is -4.17. The molecular weight excluding hydrogens is 509 g/mol. The van der Waals surface area contributed by atoms with Gasteiger partial charge >= 0.3 is 0 Å². The molecule has 0 radical (unpaired) electrons. The number of pyridine rings is 1. The molecule has 0 saturated heterocycles. The van der Waals surface area contributed by atoms with Gasteiger partial charge in [0.2, 0.25) is 11.8 Å². The van der Waals surface area contributed by atoms with E-state index in [-0.39, 0.29) is 11.6 Å². The van der Waals surface area contributed by atoms with Gasteiger partial charge in [0, 0.05) is 35.1 Å². The summed E-state index contributed by atoms with van der Waals surface area (Å²) in [5.41, 5.74) is 1.96. The van der Waals surface area contributed by atoms with Crippen LogP contribution in [0.5, 0.6) is 11.6 Å². The molecule has 2 aromatic heterocycles. The molecule has 39 heavy (non-hydrogen) atoms. The fraction of sp³-hybridized carbons (Fsp3) is 0.194. The third kappa shape index (κ3) is 6.12. The Kier molecular flexibility index (Phi) is 7.54. The van der Waals surface area contributed by atoms with Crippen LogP contribution in [0.15, 0.2) is 96.2 Å². The maximum absolute atomic E-state index is 15.1. The van der Waals surface area contributed by atoms with E-state index in [1.807, 2.05) is 36.4 Å². The van der Waals surface area contributed by atoms with Crippen LogP contribution in [0.2, 0.25) is 0 Å². The van der Waals surface area contributed by atoms with Crippen molar-refractivity contribution in [2.75, 3.05) is 10.0 Å². The summed E-state index contributed by atoms with van der Waals surface area (Å²) < 4.78 is 24.3. The number of nitrogens with one attached hydrogen (secondary N) is 2. The van der Waals surface area contributed by atoms with Crippen LogP contribution in [0, 0.1) is 5.82 Å². The van der Waals surface area contributed by atoms with E-state index in [9.17, 15) is 0 Å². The van der Waals surface area contributed by atoms with Gasteiger partial charge in [-0.1, -0.05) is 49.6 Å². The highest BCUT2D eigenvalue weighted by molar-refractivity contribution is 8.00. The molecule has 6 nitrogen and oxygen atoms in total. The molecule has 6 rings (SSSR count). The summed E-state index contributed by atoms with van der Waals surface area (Å²) in [7, 11) is 0. The zero-order valence-corrected chi connectivity index (χ0v) is 22.1. The van der Waals surface area contributed by atoms with Gasteiger partial charge in [-0.05, 0) is 78.0 Å². The molecule has 0 unspecified atom stereocenters. The fourth-order valence-corrected chi connectivity index (χ4v) is 5.46. The van der Waals surface area contributed by atoms with Crippen LogP contribution >= 0.6 is 11.9 Å². The van der Waals surface area contributed by atoms with E-state index in [0.717, 1.165) is 23.1 Å². The van der Waals surface area contributed by atoms with Gasteiger partial charge in [-0.2, -0.15) is 0 Å². The molecule has 0 bridgehead atoms. The number of nitrogens with zero attached hydrogens (tertiary/aromatic N) is 3. The van der Waals surface area contributed by atoms with Gasteiger partial charge in [-0.3, -0.25) is 0 Å². The molecule has 0 atom stereocenters. The van der Waals surface area contributed by atoms with Crippen molar-refractivity contribution in [2.24, 2.45) is 0 Å². The lowest BCUT2D eigenvalue weighted by molar-refractivity contribution is 0.429. The van der Waals surface area contributed by atoms with Crippen LogP contribution in [0.1, 0.15) is 32.1 Å². The molecule has 0 aliphatic heterocycles. The van der Waals surface area contributed by atoms with Crippen LogP contribution in [0.3, 0.4) is 0 Å². The van der Waals surface area contributed by atoms with E-state index in [4.69, 9.17) is 9.72 Å². The number of rotatable bonds is 8. The third-order valence-corrected chi connectivity index (χ3v) is 7.61. The minimum absolute atomic E-state index is 0.0887. The summed E-state index contributed by atoms with van der Waals surface area (Å²) in [6.45, 7) is 0. The van der Waals surface area contributed by atoms with Gasteiger partial charge in [-0.15, -0.1) is 0 Å². The first-order chi connectivity index (χ1) is 19.2. The number of ether oxygens (including phenoxy) is 1. The van der Waals surface area contributed by atoms with Crippen LogP contribution < -0.4 is 14.8 Å². The Bertz CT molecular complexity index is 1590. The first kappa shape index (κ1) is 25.1. The van der Waals surface area contributed by atoms with Crippen LogP contribution in [-0.2, 0) is 0 Å². The maximum Gasteiger partial charge on any atom is 0.228 e. The monoisotopic (exact) mass is 537 g/mol. The second-order valence-electron chi connectivity index (χ2n) is 9.56. The minimum Gasteiger partial charge on any atom is -0.435 e. The van der Waals surface area contributed by atoms with E-state index >= 15 is 4.39 Å². The number of halogens is 1. The van der Waals surface area contributed by atoms with E-state index in [1.54, 1.807) is 24.5 Å². The Morgan fingerprint density at radius 3 is 2.56 bits per heavy atom. The van der Waals surface area contributed by atoms with Crippen LogP contribution in [0.25, 0.3) is 22.0 Å². The summed E-state index contributed by atoms with van der Waals surface area (Å²) in [5.74, 6) is 0.466. The third-order valence-electron chi connectivity index (χ3n) is 6.79. The van der Waals surface area contributed by atoms with Crippen molar-refractivity contribution >= 4 is 34.4 Å². The molecule has 0 spiro atoms. The molecule has 8 heteroatoms. The van der Waals surface area contributed by atoms with Gasteiger partial charge in [-0.25, -0.2) is 19.3 Å². The summed E-state index contributed by atoms with van der Waals surface area (Å²) in [4.78, 5) is 14.5. The average molecular weight is 538 g/mol. The lowest BCUT2D eigenvalue weighted by atomic mass is 9.96. The first-order valence-corrected chi connectivity index (χ1v) is 14.0. The Balaban J connectivity index is 1.16. The molecule has 1 aliphatic carbocycles. The summed E-state index contributed by atoms with van der Waals surface area (Å²) in [6, 6.07) is 25.1. The predicted molar refractivity (Wildman–Crippen MR) is 156 cm³/mol. The van der Waals surface area contributed by atoms with Gasteiger partial charge in [0.05, 0.1) is 11.3 Å². The lowest BCUT2D eigenvalue weighted by Gasteiger charge is -2.22. The van der Waals surface area contributed by atoms with Crippen molar-refractivity contribution in [3.63, 3.8) is 0 Å². The molecule has 2 N–H and O–H groups in total. The zero-order valence-electron chi connectivity index (χ0n) is 21.3. The quantitative estimate of drug-likeness (QED) is 0.192. The predicted octanol–water partition coefficient (Wildman–Crippen LogP) is 8.49. The van der Waals surface area contributed by atoms with Gasteiger partial charge in [0.25, 0.3) is 0 Å².